The van der Waals surface area contributed by atoms with Crippen molar-refractivity contribution in [2.75, 3.05) is 6.61 Å². The molecule has 2 aromatic carbocycles. The van der Waals surface area contributed by atoms with Gasteiger partial charge in [0.2, 0.25) is 15.9 Å². The van der Waals surface area contributed by atoms with Crippen molar-refractivity contribution in [2.24, 2.45) is 5.73 Å². The smallest absolute Gasteiger partial charge is 0.308 e. The van der Waals surface area contributed by atoms with Gasteiger partial charge in [-0.25, -0.2) is 13.1 Å². The van der Waals surface area contributed by atoms with Gasteiger partial charge in [0.25, 0.3) is 0 Å². The van der Waals surface area contributed by atoms with Crippen LogP contribution in [0.15, 0.2) is 59.6 Å². The van der Waals surface area contributed by atoms with Crippen molar-refractivity contribution in [1.82, 2.24) is 9.71 Å². The lowest BCUT2D eigenvalue weighted by atomic mass is 10.1. The highest BCUT2D eigenvalue weighted by atomic mass is 32.2. The van der Waals surface area contributed by atoms with Crippen LogP contribution in [0.4, 0.5) is 0 Å². The minimum atomic E-state index is -4.34. The van der Waals surface area contributed by atoms with E-state index < -0.39 is 40.0 Å². The number of sulfonamides is 1. The number of ether oxygens (including phenoxy) is 2. The summed E-state index contributed by atoms with van der Waals surface area (Å²) < 4.78 is 39.5. The van der Waals surface area contributed by atoms with Gasteiger partial charge in [-0.3, -0.25) is 14.6 Å². The molecule has 0 spiro atoms. The van der Waals surface area contributed by atoms with Crippen LogP contribution in [0.1, 0.15) is 43.1 Å². The molecule has 3 N–H and O–H groups in total. The summed E-state index contributed by atoms with van der Waals surface area (Å²) in [6.07, 6.45) is 1.93. The quantitative estimate of drug-likeness (QED) is 0.285. The third kappa shape index (κ3) is 7.58. The molecule has 1 amide bonds. The van der Waals surface area contributed by atoms with Crippen LogP contribution in [-0.2, 0) is 30.8 Å². The normalized spacial score (nSPS) is 12.6. The predicted octanol–water partition coefficient (Wildman–Crippen LogP) is 2.53. The Morgan fingerprint density at radius 1 is 1.14 bits per heavy atom. The maximum atomic E-state index is 13.2. The molecule has 3 rings (SSSR count). The van der Waals surface area contributed by atoms with E-state index in [0.29, 0.717) is 12.7 Å². The number of amides is 1. The minimum Gasteiger partial charge on any atom is -0.492 e. The standard InChI is InChI=1S/C26H29N3O7S/c1-26(2,3)36-24(31)15-19(16-30)29-37(33,34)23-10-9-18(25(27)32)14-22(23)35-13-11-17-6-4-8-21-20(17)7-5-12-28-21/h4-10,12,14,16,19,29H,11,13,15H2,1-3H3,(H2,27,32)/t19-/m0/s1. The summed E-state index contributed by atoms with van der Waals surface area (Å²) in [5.74, 6) is -1.63. The summed E-state index contributed by atoms with van der Waals surface area (Å²) in [5, 5.41) is 0.935. The number of benzene rings is 2. The summed E-state index contributed by atoms with van der Waals surface area (Å²) >= 11 is 0. The molecule has 0 bridgehead atoms. The van der Waals surface area contributed by atoms with Crippen LogP contribution < -0.4 is 15.2 Å². The lowest BCUT2D eigenvalue weighted by Crippen LogP contribution is -2.39. The predicted molar refractivity (Wildman–Crippen MR) is 137 cm³/mol. The summed E-state index contributed by atoms with van der Waals surface area (Å²) in [5.41, 5.74) is 6.37. The molecule has 3 aromatic rings. The summed E-state index contributed by atoms with van der Waals surface area (Å²) in [4.78, 5) is 39.4. The lowest BCUT2D eigenvalue weighted by Gasteiger charge is -2.21. The highest BCUT2D eigenvalue weighted by Crippen LogP contribution is 2.26. The van der Waals surface area contributed by atoms with Gasteiger partial charge in [-0.05, 0) is 56.7 Å². The van der Waals surface area contributed by atoms with Gasteiger partial charge >= 0.3 is 5.97 Å². The van der Waals surface area contributed by atoms with Crippen molar-refractivity contribution < 1.29 is 32.3 Å². The molecule has 11 heteroatoms. The van der Waals surface area contributed by atoms with Crippen LogP contribution in [0, 0.1) is 0 Å². The molecule has 37 heavy (non-hydrogen) atoms. The van der Waals surface area contributed by atoms with Crippen LogP contribution in [0.25, 0.3) is 10.9 Å². The number of rotatable bonds is 11. The molecule has 10 nitrogen and oxygen atoms in total. The van der Waals surface area contributed by atoms with E-state index >= 15 is 0 Å². The number of pyridine rings is 1. The van der Waals surface area contributed by atoms with E-state index in [1.54, 1.807) is 27.0 Å². The minimum absolute atomic E-state index is 0.0454. The first-order chi connectivity index (χ1) is 17.4. The number of carbonyl (C=O) groups is 3. The molecule has 1 atom stereocenters. The van der Waals surface area contributed by atoms with Crippen molar-refractivity contribution in [3.63, 3.8) is 0 Å². The highest BCUT2D eigenvalue weighted by molar-refractivity contribution is 7.89. The first-order valence-electron chi connectivity index (χ1n) is 11.5. The van der Waals surface area contributed by atoms with Gasteiger partial charge < -0.3 is 20.0 Å². The maximum absolute atomic E-state index is 13.2. The third-order valence-electron chi connectivity index (χ3n) is 5.16. The highest BCUT2D eigenvalue weighted by Gasteiger charge is 2.27. The Kier molecular flexibility index (Phi) is 8.61. The number of fused-ring (bicyclic) bond motifs is 1. The van der Waals surface area contributed by atoms with Gasteiger partial charge in [0, 0.05) is 23.6 Å². The number of carbonyl (C=O) groups excluding carboxylic acids is 3. The van der Waals surface area contributed by atoms with Gasteiger partial charge in [-0.1, -0.05) is 18.2 Å². The number of nitrogens with zero attached hydrogens (tertiary/aromatic N) is 1. The second-order valence-electron chi connectivity index (χ2n) is 9.27. The third-order valence-corrected chi connectivity index (χ3v) is 6.69. The molecule has 0 fully saturated rings. The summed E-state index contributed by atoms with van der Waals surface area (Å²) in [7, 11) is -4.34. The van der Waals surface area contributed by atoms with Gasteiger partial charge in [-0.2, -0.15) is 0 Å². The van der Waals surface area contributed by atoms with Crippen molar-refractivity contribution in [3.05, 3.63) is 65.9 Å². The Hall–Kier alpha value is -3.83. The SMILES string of the molecule is CC(C)(C)OC(=O)C[C@@H](C=O)NS(=O)(=O)c1ccc(C(N)=O)cc1OCCc1cccc2ncccc12. The number of nitrogens with two attached hydrogens (primary N) is 1. The number of aromatic nitrogens is 1. The molecular formula is C26H29N3O7S. The molecule has 0 unspecified atom stereocenters. The van der Waals surface area contributed by atoms with E-state index in [1.807, 2.05) is 30.3 Å². The molecule has 0 aliphatic heterocycles. The average molecular weight is 528 g/mol. The Bertz CT molecular complexity index is 1410. The summed E-state index contributed by atoms with van der Waals surface area (Å²) in [6.45, 7) is 5.05. The summed E-state index contributed by atoms with van der Waals surface area (Å²) in [6, 6.07) is 11.7. The first-order valence-corrected chi connectivity index (χ1v) is 13.0. The number of hydrogen-bond acceptors (Lipinski definition) is 8. The van der Waals surface area contributed by atoms with Gasteiger partial charge in [0.1, 0.15) is 22.5 Å². The lowest BCUT2D eigenvalue weighted by molar-refractivity contribution is -0.155. The van der Waals surface area contributed by atoms with Crippen LogP contribution in [-0.4, -0.2) is 49.8 Å². The van der Waals surface area contributed by atoms with Crippen molar-refractivity contribution in [3.8, 4) is 5.75 Å². The number of aldehydes is 1. The van der Waals surface area contributed by atoms with Crippen LogP contribution in [0.3, 0.4) is 0 Å². The van der Waals surface area contributed by atoms with Gasteiger partial charge in [0.05, 0.1) is 24.6 Å². The fraction of sp³-hybridized carbons (Fsp3) is 0.308. The zero-order chi connectivity index (χ0) is 27.2. The molecule has 0 radical (unpaired) electrons. The van der Waals surface area contributed by atoms with E-state index in [4.69, 9.17) is 15.2 Å². The molecular weight excluding hydrogens is 498 g/mol. The molecule has 196 valence electrons. The second-order valence-corrected chi connectivity index (χ2v) is 10.9. The van der Waals surface area contributed by atoms with Crippen LogP contribution in [0.2, 0.25) is 0 Å². The first kappa shape index (κ1) is 27.8. The molecule has 1 aromatic heterocycles. The molecule has 0 aliphatic carbocycles. The molecule has 0 aliphatic rings. The van der Waals surface area contributed by atoms with E-state index in [9.17, 15) is 22.8 Å². The monoisotopic (exact) mass is 527 g/mol. The Balaban J connectivity index is 1.82. The van der Waals surface area contributed by atoms with E-state index in [-0.39, 0.29) is 22.8 Å². The number of nitrogens with one attached hydrogen (secondary N) is 1. The van der Waals surface area contributed by atoms with Crippen molar-refractivity contribution >= 4 is 39.1 Å². The van der Waals surface area contributed by atoms with E-state index in [2.05, 4.69) is 9.71 Å². The number of primary amides is 1. The van der Waals surface area contributed by atoms with Gasteiger partial charge in [0.15, 0.2) is 0 Å². The van der Waals surface area contributed by atoms with E-state index in [0.717, 1.165) is 22.5 Å². The largest absolute Gasteiger partial charge is 0.492 e. The Labute approximate surface area is 215 Å². The fourth-order valence-electron chi connectivity index (χ4n) is 3.60. The molecule has 1 heterocycles. The van der Waals surface area contributed by atoms with E-state index in [1.165, 1.54) is 12.1 Å². The average Bonchev–Trinajstić information content (AvgIpc) is 2.82. The second kappa shape index (κ2) is 11.5. The number of hydrogen-bond donors (Lipinski definition) is 2. The zero-order valence-electron chi connectivity index (χ0n) is 20.8. The molecule has 0 saturated carbocycles. The molecule has 0 saturated heterocycles. The fourth-order valence-corrected chi connectivity index (χ4v) is 4.89. The van der Waals surface area contributed by atoms with Crippen molar-refractivity contribution in [1.29, 1.82) is 0 Å². The number of esters is 1. The topological polar surface area (TPSA) is 155 Å². The zero-order valence-corrected chi connectivity index (χ0v) is 21.6. The Morgan fingerprint density at radius 2 is 1.89 bits per heavy atom. The van der Waals surface area contributed by atoms with Crippen molar-refractivity contribution in [2.45, 2.75) is 50.2 Å². The van der Waals surface area contributed by atoms with Crippen LogP contribution >= 0.6 is 0 Å². The maximum Gasteiger partial charge on any atom is 0.308 e. The van der Waals surface area contributed by atoms with Gasteiger partial charge in [-0.15, -0.1) is 0 Å². The van der Waals surface area contributed by atoms with Crippen LogP contribution in [0.5, 0.6) is 5.75 Å². The Morgan fingerprint density at radius 3 is 2.57 bits per heavy atom.